The second kappa shape index (κ2) is 12.7. The molecule has 0 aliphatic carbocycles. The Morgan fingerprint density at radius 3 is 2.48 bits per heavy atom. The van der Waals surface area contributed by atoms with Gasteiger partial charge in [-0.3, -0.25) is 4.90 Å². The highest BCUT2D eigenvalue weighted by molar-refractivity contribution is 14.0. The molecule has 0 bridgehead atoms. The summed E-state index contributed by atoms with van der Waals surface area (Å²) in [7, 11) is 3.89. The van der Waals surface area contributed by atoms with Crippen molar-refractivity contribution in [3.8, 4) is 0 Å². The van der Waals surface area contributed by atoms with E-state index >= 15 is 0 Å². The predicted molar refractivity (Wildman–Crippen MR) is 132 cm³/mol. The summed E-state index contributed by atoms with van der Waals surface area (Å²) in [6.45, 7) is 11.8. The van der Waals surface area contributed by atoms with Crippen LogP contribution in [-0.4, -0.2) is 61.6 Å². The summed E-state index contributed by atoms with van der Waals surface area (Å²) in [6.07, 6.45) is 3.92. The van der Waals surface area contributed by atoms with E-state index in [0.29, 0.717) is 18.7 Å². The highest BCUT2D eigenvalue weighted by Crippen LogP contribution is 2.19. The van der Waals surface area contributed by atoms with E-state index in [1.54, 1.807) is 6.07 Å². The second-order valence-electron chi connectivity index (χ2n) is 8.57. The van der Waals surface area contributed by atoms with Gasteiger partial charge < -0.3 is 15.5 Å². The van der Waals surface area contributed by atoms with E-state index in [0.717, 1.165) is 24.6 Å². The zero-order chi connectivity index (χ0) is 20.6. The minimum absolute atomic E-state index is 0. The van der Waals surface area contributed by atoms with Gasteiger partial charge in [0.1, 0.15) is 5.82 Å². The highest BCUT2D eigenvalue weighted by atomic mass is 127. The number of hydrogen-bond acceptors (Lipinski definition) is 3. The number of likely N-dealkylation sites (tertiary alicyclic amines) is 1. The summed E-state index contributed by atoms with van der Waals surface area (Å²) >= 11 is 0. The summed E-state index contributed by atoms with van der Waals surface area (Å²) < 4.78 is 14.0. The minimum Gasteiger partial charge on any atom is -0.357 e. The number of halogens is 2. The number of aliphatic imine (C=N–C) groups is 1. The number of nitrogens with zero attached hydrogens (tertiary/aromatic N) is 3. The lowest BCUT2D eigenvalue weighted by Crippen LogP contribution is -2.54. The molecule has 0 radical (unpaired) electrons. The quantitative estimate of drug-likeness (QED) is 0.312. The van der Waals surface area contributed by atoms with Crippen LogP contribution in [-0.2, 0) is 13.1 Å². The molecule has 0 aromatic heterocycles. The molecular formula is C22H39FIN5. The van der Waals surface area contributed by atoms with Crippen molar-refractivity contribution in [1.29, 1.82) is 0 Å². The molecule has 1 aliphatic rings. The standard InChI is InChI=1S/C22H38FN5.HI/c1-6-24-21(26-17-22(2,3)28-12-8-7-9-13-28)25-15-18-10-11-20(23)19(14-18)16-27(4)5;/h10-11,14H,6-9,12-13,15-17H2,1-5H3,(H2,24,25,26);1H. The first kappa shape index (κ1) is 26.1. The Hall–Kier alpha value is -0.930. The topological polar surface area (TPSA) is 42.9 Å². The van der Waals surface area contributed by atoms with Crippen molar-refractivity contribution in [2.75, 3.05) is 40.3 Å². The van der Waals surface area contributed by atoms with Crippen LogP contribution in [0.25, 0.3) is 0 Å². The lowest BCUT2D eigenvalue weighted by Gasteiger charge is -2.41. The van der Waals surface area contributed by atoms with Gasteiger partial charge in [0.2, 0.25) is 0 Å². The van der Waals surface area contributed by atoms with Gasteiger partial charge in [-0.25, -0.2) is 9.38 Å². The van der Waals surface area contributed by atoms with Crippen LogP contribution in [0.3, 0.4) is 0 Å². The number of hydrogen-bond donors (Lipinski definition) is 2. The Bertz CT molecular complexity index is 642. The van der Waals surface area contributed by atoms with Gasteiger partial charge >= 0.3 is 0 Å². The molecule has 5 nitrogen and oxygen atoms in total. The summed E-state index contributed by atoms with van der Waals surface area (Å²) in [5, 5.41) is 6.83. The molecule has 1 aliphatic heterocycles. The van der Waals surface area contributed by atoms with Crippen molar-refractivity contribution in [3.63, 3.8) is 0 Å². The van der Waals surface area contributed by atoms with Crippen LogP contribution in [0, 0.1) is 5.82 Å². The van der Waals surface area contributed by atoms with E-state index in [2.05, 4.69) is 36.3 Å². The Balaban J connectivity index is 0.00000420. The van der Waals surface area contributed by atoms with Crippen LogP contribution in [0.4, 0.5) is 4.39 Å². The van der Waals surface area contributed by atoms with Crippen LogP contribution in [0.15, 0.2) is 23.2 Å². The molecule has 7 heteroatoms. The summed E-state index contributed by atoms with van der Waals surface area (Å²) in [6, 6.07) is 5.28. The average molecular weight is 519 g/mol. The fraction of sp³-hybridized carbons (Fsp3) is 0.682. The van der Waals surface area contributed by atoms with Crippen LogP contribution in [0.1, 0.15) is 51.2 Å². The maximum atomic E-state index is 14.0. The Kier molecular flexibility index (Phi) is 11.4. The number of benzene rings is 1. The molecular weight excluding hydrogens is 480 g/mol. The van der Waals surface area contributed by atoms with E-state index in [1.807, 2.05) is 31.1 Å². The van der Waals surface area contributed by atoms with Gasteiger partial charge in [0.15, 0.2) is 5.96 Å². The Morgan fingerprint density at radius 1 is 1.17 bits per heavy atom. The van der Waals surface area contributed by atoms with E-state index in [4.69, 9.17) is 4.99 Å². The third-order valence-electron chi connectivity index (χ3n) is 5.26. The van der Waals surface area contributed by atoms with Crippen LogP contribution < -0.4 is 10.6 Å². The molecule has 1 heterocycles. The fourth-order valence-electron chi connectivity index (χ4n) is 3.61. The molecule has 1 fully saturated rings. The maximum absolute atomic E-state index is 14.0. The van der Waals surface area contributed by atoms with Crippen LogP contribution in [0.2, 0.25) is 0 Å². The molecule has 0 amide bonds. The van der Waals surface area contributed by atoms with Crippen molar-refractivity contribution in [3.05, 3.63) is 35.1 Å². The summed E-state index contributed by atoms with van der Waals surface area (Å²) in [4.78, 5) is 9.26. The van der Waals surface area contributed by atoms with Gasteiger partial charge in [0.05, 0.1) is 6.54 Å². The zero-order valence-electron chi connectivity index (χ0n) is 18.7. The van der Waals surface area contributed by atoms with Crippen LogP contribution in [0.5, 0.6) is 0 Å². The molecule has 2 N–H and O–H groups in total. The zero-order valence-corrected chi connectivity index (χ0v) is 21.1. The van der Waals surface area contributed by atoms with Crippen molar-refractivity contribution >= 4 is 29.9 Å². The average Bonchev–Trinajstić information content (AvgIpc) is 2.66. The highest BCUT2D eigenvalue weighted by Gasteiger charge is 2.27. The minimum atomic E-state index is -0.158. The number of nitrogens with one attached hydrogen (secondary N) is 2. The number of piperidine rings is 1. The molecule has 166 valence electrons. The largest absolute Gasteiger partial charge is 0.357 e. The van der Waals surface area contributed by atoms with E-state index in [9.17, 15) is 4.39 Å². The lowest BCUT2D eigenvalue weighted by molar-refractivity contribution is 0.0982. The van der Waals surface area contributed by atoms with Gasteiger partial charge in [-0.15, -0.1) is 24.0 Å². The molecule has 0 saturated carbocycles. The SMILES string of the molecule is CCNC(=NCc1ccc(F)c(CN(C)C)c1)NCC(C)(C)N1CCCCC1.I. The van der Waals surface area contributed by atoms with E-state index in [-0.39, 0.29) is 35.3 Å². The Morgan fingerprint density at radius 2 is 1.86 bits per heavy atom. The van der Waals surface area contributed by atoms with Gasteiger partial charge in [-0.1, -0.05) is 12.5 Å². The molecule has 0 spiro atoms. The van der Waals surface area contributed by atoms with Gasteiger partial charge in [0.25, 0.3) is 0 Å². The van der Waals surface area contributed by atoms with Crippen molar-refractivity contribution in [1.82, 2.24) is 20.4 Å². The van der Waals surface area contributed by atoms with Gasteiger partial charge in [-0.2, -0.15) is 0 Å². The third-order valence-corrected chi connectivity index (χ3v) is 5.26. The Labute approximate surface area is 193 Å². The predicted octanol–water partition coefficient (Wildman–Crippen LogP) is 3.82. The first-order valence-corrected chi connectivity index (χ1v) is 10.5. The monoisotopic (exact) mass is 519 g/mol. The molecule has 1 aromatic rings. The smallest absolute Gasteiger partial charge is 0.191 e. The lowest BCUT2D eigenvalue weighted by atomic mass is 9.98. The molecule has 2 rings (SSSR count). The number of rotatable bonds is 8. The number of guanidine groups is 1. The summed E-state index contributed by atoms with van der Waals surface area (Å²) in [5.41, 5.74) is 1.82. The fourth-order valence-corrected chi connectivity index (χ4v) is 3.61. The van der Waals surface area contributed by atoms with Crippen molar-refractivity contribution < 1.29 is 4.39 Å². The second-order valence-corrected chi connectivity index (χ2v) is 8.57. The molecule has 1 saturated heterocycles. The first-order chi connectivity index (χ1) is 13.3. The molecule has 1 aromatic carbocycles. The van der Waals surface area contributed by atoms with Crippen molar-refractivity contribution in [2.24, 2.45) is 4.99 Å². The summed E-state index contributed by atoms with van der Waals surface area (Å²) in [5.74, 6) is 0.654. The third kappa shape index (κ3) is 8.76. The van der Waals surface area contributed by atoms with Crippen LogP contribution >= 0.6 is 24.0 Å². The van der Waals surface area contributed by atoms with Gasteiger partial charge in [-0.05, 0) is 78.5 Å². The molecule has 0 atom stereocenters. The molecule has 0 unspecified atom stereocenters. The molecule has 29 heavy (non-hydrogen) atoms. The maximum Gasteiger partial charge on any atom is 0.191 e. The normalized spacial score (nSPS) is 15.9. The van der Waals surface area contributed by atoms with Gasteiger partial charge in [0, 0.05) is 30.7 Å². The first-order valence-electron chi connectivity index (χ1n) is 10.5. The van der Waals surface area contributed by atoms with Crippen molar-refractivity contribution in [2.45, 2.75) is 58.7 Å². The van der Waals surface area contributed by atoms with E-state index < -0.39 is 0 Å². The van der Waals surface area contributed by atoms with E-state index in [1.165, 1.54) is 32.4 Å².